The quantitative estimate of drug-likeness (QED) is 0.260. The topological polar surface area (TPSA) is 66.7 Å². The van der Waals surface area contributed by atoms with Crippen LogP contribution in [0.25, 0.3) is 5.69 Å². The zero-order valence-electron chi connectivity index (χ0n) is 20.8. The number of para-hydroxylation sites is 1. The Labute approximate surface area is 221 Å². The van der Waals surface area contributed by atoms with Gasteiger partial charge >= 0.3 is 0 Å². The van der Waals surface area contributed by atoms with Crippen LogP contribution in [0.2, 0.25) is 0 Å². The fourth-order valence-corrected chi connectivity index (χ4v) is 5.79. The lowest BCUT2D eigenvalue weighted by Gasteiger charge is -2.24. The Morgan fingerprint density at radius 2 is 1.68 bits per heavy atom. The number of aromatic nitrogens is 1. The number of carbonyl (C=O) groups is 2. The molecule has 1 aromatic heterocycles. The lowest BCUT2D eigenvalue weighted by molar-refractivity contribution is -0.128. The van der Waals surface area contributed by atoms with Gasteiger partial charge in [-0.05, 0) is 55.3 Å². The van der Waals surface area contributed by atoms with E-state index in [1.54, 1.807) is 30.1 Å². The SMILES string of the molecule is Cc1cc(/C=N\NC(=O)c2ccc([C@@H]3SCC(=O)N3Cc3ccccc3)cc2)c(C)n1-c1ccccc1. The van der Waals surface area contributed by atoms with Crippen molar-refractivity contribution in [3.8, 4) is 5.69 Å². The number of thioether (sulfide) groups is 1. The molecule has 0 aliphatic carbocycles. The predicted molar refractivity (Wildman–Crippen MR) is 149 cm³/mol. The number of hydrazone groups is 1. The van der Waals surface area contributed by atoms with E-state index in [4.69, 9.17) is 0 Å². The molecule has 1 aliphatic rings. The number of benzene rings is 3. The summed E-state index contributed by atoms with van der Waals surface area (Å²) in [7, 11) is 0. The molecule has 37 heavy (non-hydrogen) atoms. The smallest absolute Gasteiger partial charge is 0.271 e. The summed E-state index contributed by atoms with van der Waals surface area (Å²) in [5.74, 6) is 0.303. The van der Waals surface area contributed by atoms with E-state index >= 15 is 0 Å². The van der Waals surface area contributed by atoms with Gasteiger partial charge in [0.2, 0.25) is 5.91 Å². The fourth-order valence-electron chi connectivity index (χ4n) is 4.60. The highest BCUT2D eigenvalue weighted by Crippen LogP contribution is 2.39. The molecule has 186 valence electrons. The van der Waals surface area contributed by atoms with Crippen LogP contribution >= 0.6 is 11.8 Å². The van der Waals surface area contributed by atoms with E-state index in [1.807, 2.05) is 72.5 Å². The van der Waals surface area contributed by atoms with Crippen LogP contribution in [0.1, 0.15) is 43.8 Å². The molecule has 2 heterocycles. The minimum Gasteiger partial charge on any atom is -0.322 e. The average Bonchev–Trinajstić information content (AvgIpc) is 3.42. The molecule has 5 rings (SSSR count). The van der Waals surface area contributed by atoms with Crippen molar-refractivity contribution in [3.05, 3.63) is 125 Å². The Morgan fingerprint density at radius 1 is 1.00 bits per heavy atom. The van der Waals surface area contributed by atoms with Crippen molar-refractivity contribution >= 4 is 29.8 Å². The third kappa shape index (κ3) is 5.37. The maximum absolute atomic E-state index is 12.7. The Kier molecular flexibility index (Phi) is 7.23. The van der Waals surface area contributed by atoms with Crippen molar-refractivity contribution < 1.29 is 9.59 Å². The molecule has 1 fully saturated rings. The van der Waals surface area contributed by atoms with E-state index in [0.717, 1.165) is 33.8 Å². The molecule has 0 saturated carbocycles. The average molecular weight is 509 g/mol. The number of rotatable bonds is 7. The van der Waals surface area contributed by atoms with Crippen LogP contribution in [0.4, 0.5) is 0 Å². The predicted octanol–water partition coefficient (Wildman–Crippen LogP) is 5.63. The lowest BCUT2D eigenvalue weighted by atomic mass is 10.1. The summed E-state index contributed by atoms with van der Waals surface area (Å²) < 4.78 is 2.16. The molecule has 7 heteroatoms. The number of carbonyl (C=O) groups excluding carboxylic acids is 2. The summed E-state index contributed by atoms with van der Waals surface area (Å²) in [4.78, 5) is 27.1. The molecule has 6 nitrogen and oxygen atoms in total. The standard InChI is InChI=1S/C30H28N4O2S/c1-21-17-26(22(2)34(21)27-11-7-4-8-12-27)18-31-32-29(36)24-13-15-25(16-14-24)30-33(28(35)20-37-30)19-23-9-5-3-6-10-23/h3-18,30H,19-20H2,1-2H3,(H,32,36)/b31-18-/t30-/m0/s1. The van der Waals surface area contributed by atoms with Gasteiger partial charge in [-0.2, -0.15) is 5.10 Å². The van der Waals surface area contributed by atoms with Crippen LogP contribution < -0.4 is 5.43 Å². The first-order chi connectivity index (χ1) is 18.0. The van der Waals surface area contributed by atoms with E-state index in [9.17, 15) is 9.59 Å². The molecule has 0 bridgehead atoms. The number of amides is 2. The first-order valence-electron chi connectivity index (χ1n) is 12.1. The molecular formula is C30H28N4O2S. The van der Waals surface area contributed by atoms with Gasteiger partial charge in [0.15, 0.2) is 0 Å². The van der Waals surface area contributed by atoms with Gasteiger partial charge in [-0.15, -0.1) is 11.8 Å². The third-order valence-corrected chi connectivity index (χ3v) is 7.73. The van der Waals surface area contributed by atoms with E-state index in [1.165, 1.54) is 0 Å². The monoisotopic (exact) mass is 508 g/mol. The number of nitrogens with one attached hydrogen (secondary N) is 1. The minimum atomic E-state index is -0.282. The van der Waals surface area contributed by atoms with E-state index in [2.05, 4.69) is 40.2 Å². The summed E-state index contributed by atoms with van der Waals surface area (Å²) in [6, 6.07) is 29.6. The summed E-state index contributed by atoms with van der Waals surface area (Å²) in [5, 5.41) is 4.13. The molecule has 1 N–H and O–H groups in total. The maximum atomic E-state index is 12.7. The first-order valence-corrected chi connectivity index (χ1v) is 13.2. The molecule has 1 saturated heterocycles. The number of nitrogens with zero attached hydrogens (tertiary/aromatic N) is 3. The number of hydrogen-bond donors (Lipinski definition) is 1. The molecule has 0 spiro atoms. The lowest BCUT2D eigenvalue weighted by Crippen LogP contribution is -2.27. The van der Waals surface area contributed by atoms with Gasteiger partial charge in [0.05, 0.1) is 12.0 Å². The maximum Gasteiger partial charge on any atom is 0.271 e. The van der Waals surface area contributed by atoms with Crippen molar-refractivity contribution in [1.82, 2.24) is 14.9 Å². The summed E-state index contributed by atoms with van der Waals surface area (Å²) in [6.07, 6.45) is 1.68. The van der Waals surface area contributed by atoms with E-state index in [0.29, 0.717) is 17.9 Å². The molecule has 1 aliphatic heterocycles. The van der Waals surface area contributed by atoms with Gasteiger partial charge < -0.3 is 9.47 Å². The Hall–Kier alpha value is -4.10. The normalized spacial score (nSPS) is 15.5. The second-order valence-corrected chi connectivity index (χ2v) is 10.1. The summed E-state index contributed by atoms with van der Waals surface area (Å²) >= 11 is 1.61. The zero-order chi connectivity index (χ0) is 25.8. The highest BCUT2D eigenvalue weighted by Gasteiger charge is 2.32. The highest BCUT2D eigenvalue weighted by atomic mass is 32.2. The van der Waals surface area contributed by atoms with Gasteiger partial charge in [-0.3, -0.25) is 9.59 Å². The zero-order valence-corrected chi connectivity index (χ0v) is 21.6. The highest BCUT2D eigenvalue weighted by molar-refractivity contribution is 8.00. The largest absolute Gasteiger partial charge is 0.322 e. The second-order valence-electron chi connectivity index (χ2n) is 8.99. The van der Waals surface area contributed by atoms with Crippen LogP contribution in [0.3, 0.4) is 0 Å². The molecular weight excluding hydrogens is 480 g/mol. The van der Waals surface area contributed by atoms with Crippen LogP contribution in [0, 0.1) is 13.8 Å². The summed E-state index contributed by atoms with van der Waals surface area (Å²) in [5.41, 5.74) is 9.42. The number of hydrogen-bond acceptors (Lipinski definition) is 4. The van der Waals surface area contributed by atoms with Gasteiger partial charge in [0, 0.05) is 34.7 Å². The third-order valence-electron chi connectivity index (χ3n) is 6.48. The van der Waals surface area contributed by atoms with Crippen molar-refractivity contribution in [2.75, 3.05) is 5.75 Å². The Bertz CT molecular complexity index is 1430. The molecule has 1 atom stereocenters. The van der Waals surface area contributed by atoms with Crippen molar-refractivity contribution in [1.29, 1.82) is 0 Å². The fraction of sp³-hybridized carbons (Fsp3) is 0.167. The first kappa shape index (κ1) is 24.6. The van der Waals surface area contributed by atoms with Gasteiger partial charge in [0.25, 0.3) is 5.91 Å². The van der Waals surface area contributed by atoms with Crippen LogP contribution in [0.15, 0.2) is 96.1 Å². The Morgan fingerprint density at radius 3 is 2.38 bits per heavy atom. The van der Waals surface area contributed by atoms with Gasteiger partial charge in [-0.25, -0.2) is 5.43 Å². The van der Waals surface area contributed by atoms with Gasteiger partial charge in [-0.1, -0.05) is 60.7 Å². The van der Waals surface area contributed by atoms with Crippen LogP contribution in [-0.2, 0) is 11.3 Å². The van der Waals surface area contributed by atoms with E-state index in [-0.39, 0.29) is 17.2 Å². The Balaban J connectivity index is 1.24. The molecule has 2 amide bonds. The van der Waals surface area contributed by atoms with Crippen LogP contribution in [0.5, 0.6) is 0 Å². The molecule has 0 radical (unpaired) electrons. The second kappa shape index (κ2) is 10.9. The van der Waals surface area contributed by atoms with E-state index < -0.39 is 0 Å². The number of aryl methyl sites for hydroxylation is 1. The van der Waals surface area contributed by atoms with Crippen molar-refractivity contribution in [2.45, 2.75) is 25.8 Å². The molecule has 0 unspecified atom stereocenters. The van der Waals surface area contributed by atoms with Gasteiger partial charge in [0.1, 0.15) is 5.37 Å². The minimum absolute atomic E-state index is 0.0669. The molecule has 3 aromatic carbocycles. The molecule has 4 aromatic rings. The van der Waals surface area contributed by atoms with Crippen molar-refractivity contribution in [3.63, 3.8) is 0 Å². The van der Waals surface area contributed by atoms with Crippen molar-refractivity contribution in [2.24, 2.45) is 5.10 Å². The summed E-state index contributed by atoms with van der Waals surface area (Å²) in [6.45, 7) is 4.66. The van der Waals surface area contributed by atoms with Crippen LogP contribution in [-0.4, -0.2) is 33.2 Å².